The third-order valence-electron chi connectivity index (χ3n) is 6.07. The highest BCUT2D eigenvalue weighted by Gasteiger charge is 2.41. The molecule has 0 amide bonds. The topological polar surface area (TPSA) is 72.8 Å². The number of esters is 2. The second-order valence-electron chi connectivity index (χ2n) is 9.25. The molecule has 0 aromatic rings. The Morgan fingerprint density at radius 1 is 1.17 bits per heavy atom. The molecule has 1 aliphatic rings. The van der Waals surface area contributed by atoms with Gasteiger partial charge in [-0.2, -0.15) is 0 Å². The predicted molar refractivity (Wildman–Crippen MR) is 115 cm³/mol. The Morgan fingerprint density at radius 3 is 2.14 bits per heavy atom. The molecule has 0 aromatic heterocycles. The highest BCUT2D eigenvalue weighted by Crippen LogP contribution is 2.49. The fourth-order valence-electron chi connectivity index (χ4n) is 4.32. The molecule has 1 aliphatic carbocycles. The van der Waals surface area contributed by atoms with E-state index in [9.17, 15) is 14.7 Å². The molecule has 29 heavy (non-hydrogen) atoms. The second-order valence-corrected chi connectivity index (χ2v) is 9.25. The van der Waals surface area contributed by atoms with Crippen LogP contribution in [-0.4, -0.2) is 34.9 Å². The minimum Gasteiger partial charge on any atom is -0.455 e. The summed E-state index contributed by atoms with van der Waals surface area (Å²) >= 11 is 0. The molecule has 1 fully saturated rings. The van der Waals surface area contributed by atoms with E-state index in [1.807, 2.05) is 19.1 Å². The molecule has 1 rings (SSSR count). The van der Waals surface area contributed by atoms with Crippen molar-refractivity contribution in [3.8, 4) is 0 Å². The van der Waals surface area contributed by atoms with Crippen molar-refractivity contribution in [1.29, 1.82) is 0 Å². The SMILES string of the molecule is C=CC1(C)CCC(C(C)=CC(OC(C)=O)C(OC(C)=O)C(C)(C)O)CC1C(=C)C. The molecule has 5 heteroatoms. The first-order valence-electron chi connectivity index (χ1n) is 10.3. The predicted octanol–water partition coefficient (Wildman–Crippen LogP) is 4.75. The molecule has 0 saturated heterocycles. The Kier molecular flexibility index (Phi) is 8.46. The summed E-state index contributed by atoms with van der Waals surface area (Å²) in [6.07, 6.45) is 4.87. The van der Waals surface area contributed by atoms with Crippen molar-refractivity contribution in [3.63, 3.8) is 0 Å². The number of carbonyl (C=O) groups is 2. The summed E-state index contributed by atoms with van der Waals surface area (Å²) < 4.78 is 10.8. The first-order chi connectivity index (χ1) is 13.2. The van der Waals surface area contributed by atoms with Crippen molar-refractivity contribution in [2.75, 3.05) is 0 Å². The van der Waals surface area contributed by atoms with Gasteiger partial charge in [0.05, 0.1) is 5.60 Å². The number of allylic oxidation sites excluding steroid dienone is 3. The van der Waals surface area contributed by atoms with Crippen molar-refractivity contribution in [2.45, 2.75) is 85.5 Å². The van der Waals surface area contributed by atoms with Gasteiger partial charge in [-0.1, -0.05) is 30.7 Å². The molecule has 1 N–H and O–H groups in total. The smallest absolute Gasteiger partial charge is 0.303 e. The summed E-state index contributed by atoms with van der Waals surface area (Å²) in [6, 6.07) is 0. The summed E-state index contributed by atoms with van der Waals surface area (Å²) in [4.78, 5) is 23.3. The maximum atomic E-state index is 11.7. The zero-order chi connectivity index (χ0) is 22.6. The van der Waals surface area contributed by atoms with Crippen molar-refractivity contribution in [2.24, 2.45) is 17.3 Å². The molecule has 1 saturated carbocycles. The van der Waals surface area contributed by atoms with E-state index < -0.39 is 29.7 Å². The van der Waals surface area contributed by atoms with Gasteiger partial charge in [0.2, 0.25) is 0 Å². The lowest BCUT2D eigenvalue weighted by Crippen LogP contribution is -2.48. The van der Waals surface area contributed by atoms with Gasteiger partial charge in [-0.3, -0.25) is 9.59 Å². The van der Waals surface area contributed by atoms with Crippen LogP contribution in [0.15, 0.2) is 36.5 Å². The Hall–Kier alpha value is -1.88. The molecule has 0 bridgehead atoms. The fraction of sp³-hybridized carbons (Fsp3) is 0.667. The Balaban J connectivity index is 3.21. The molecule has 5 nitrogen and oxygen atoms in total. The first-order valence-corrected chi connectivity index (χ1v) is 10.3. The Morgan fingerprint density at radius 2 is 1.72 bits per heavy atom. The van der Waals surface area contributed by atoms with Crippen LogP contribution < -0.4 is 0 Å². The van der Waals surface area contributed by atoms with Gasteiger partial charge in [0.25, 0.3) is 0 Å². The van der Waals surface area contributed by atoms with Gasteiger partial charge in [-0.05, 0) is 70.3 Å². The molecule has 0 heterocycles. The van der Waals surface area contributed by atoms with E-state index in [0.717, 1.165) is 30.4 Å². The number of ether oxygens (including phenoxy) is 2. The first kappa shape index (κ1) is 25.2. The van der Waals surface area contributed by atoms with Crippen molar-refractivity contribution in [1.82, 2.24) is 0 Å². The largest absolute Gasteiger partial charge is 0.455 e. The van der Waals surface area contributed by atoms with Gasteiger partial charge in [-0.15, -0.1) is 6.58 Å². The highest BCUT2D eigenvalue weighted by atomic mass is 16.6. The molecular formula is C24H38O5. The van der Waals surface area contributed by atoms with Crippen molar-refractivity contribution >= 4 is 11.9 Å². The molecule has 5 atom stereocenters. The number of rotatable bonds is 8. The second kappa shape index (κ2) is 9.75. The number of hydrogen-bond donors (Lipinski definition) is 1. The van der Waals surface area contributed by atoms with Crippen LogP contribution in [0.3, 0.4) is 0 Å². The summed E-state index contributed by atoms with van der Waals surface area (Å²) in [5.74, 6) is -0.444. The van der Waals surface area contributed by atoms with Gasteiger partial charge >= 0.3 is 11.9 Å². The molecule has 0 radical (unpaired) electrons. The van der Waals surface area contributed by atoms with Gasteiger partial charge in [-0.25, -0.2) is 0 Å². The quantitative estimate of drug-likeness (QED) is 0.465. The maximum Gasteiger partial charge on any atom is 0.303 e. The zero-order valence-corrected chi connectivity index (χ0v) is 19.1. The number of aliphatic hydroxyl groups is 1. The molecule has 0 aliphatic heterocycles. The van der Waals surface area contributed by atoms with Crippen LogP contribution in [0.4, 0.5) is 0 Å². The normalized spacial score (nSPS) is 27.5. The van der Waals surface area contributed by atoms with Crippen LogP contribution in [0.5, 0.6) is 0 Å². The third kappa shape index (κ3) is 6.84. The standard InChI is InChI=1S/C24H38O5/c1-10-24(9)12-11-19(14-20(24)15(2)3)16(4)13-21(28-17(5)25)22(23(7,8)27)29-18(6)26/h10,13,19-22,27H,1-2,11-12,14H2,3-9H3. The van der Waals surface area contributed by atoms with Crippen LogP contribution in [0.1, 0.15) is 67.7 Å². The summed E-state index contributed by atoms with van der Waals surface area (Å²) in [5.41, 5.74) is 0.827. The van der Waals surface area contributed by atoms with E-state index in [1.54, 1.807) is 0 Å². The zero-order valence-electron chi connectivity index (χ0n) is 19.1. The monoisotopic (exact) mass is 406 g/mol. The molecule has 0 aromatic carbocycles. The number of hydrogen-bond acceptors (Lipinski definition) is 5. The highest BCUT2D eigenvalue weighted by molar-refractivity contribution is 5.67. The molecule has 5 unspecified atom stereocenters. The van der Waals surface area contributed by atoms with Crippen molar-refractivity contribution in [3.05, 3.63) is 36.5 Å². The third-order valence-corrected chi connectivity index (χ3v) is 6.07. The summed E-state index contributed by atoms with van der Waals surface area (Å²) in [6.45, 7) is 20.1. The van der Waals surface area contributed by atoms with E-state index in [4.69, 9.17) is 9.47 Å². The van der Waals surface area contributed by atoms with Crippen LogP contribution in [0.25, 0.3) is 0 Å². The van der Waals surface area contributed by atoms with Crippen LogP contribution >= 0.6 is 0 Å². The van der Waals surface area contributed by atoms with Gasteiger partial charge in [0.1, 0.15) is 0 Å². The lowest BCUT2D eigenvalue weighted by Gasteiger charge is -2.44. The Labute approximate surface area is 175 Å². The average Bonchev–Trinajstić information content (AvgIpc) is 2.57. The Bertz CT molecular complexity index is 669. The lowest BCUT2D eigenvalue weighted by molar-refractivity contribution is -0.179. The van der Waals surface area contributed by atoms with E-state index in [1.165, 1.54) is 27.7 Å². The summed E-state index contributed by atoms with van der Waals surface area (Å²) in [5, 5.41) is 10.5. The number of carbonyl (C=O) groups excluding carboxylic acids is 2. The molecular weight excluding hydrogens is 368 g/mol. The fourth-order valence-corrected chi connectivity index (χ4v) is 4.32. The molecule has 164 valence electrons. The average molecular weight is 407 g/mol. The van der Waals surface area contributed by atoms with E-state index in [2.05, 4.69) is 27.0 Å². The van der Waals surface area contributed by atoms with Crippen molar-refractivity contribution < 1.29 is 24.2 Å². The van der Waals surface area contributed by atoms with Gasteiger partial charge in [0.15, 0.2) is 12.2 Å². The lowest BCUT2D eigenvalue weighted by atomic mass is 9.61. The van der Waals surface area contributed by atoms with E-state index >= 15 is 0 Å². The van der Waals surface area contributed by atoms with Crippen LogP contribution in [0.2, 0.25) is 0 Å². The van der Waals surface area contributed by atoms with E-state index in [0.29, 0.717) is 5.92 Å². The van der Waals surface area contributed by atoms with E-state index in [-0.39, 0.29) is 11.3 Å². The maximum absolute atomic E-state index is 11.7. The van der Waals surface area contributed by atoms with Gasteiger partial charge < -0.3 is 14.6 Å². The summed E-state index contributed by atoms with van der Waals surface area (Å²) in [7, 11) is 0. The van der Waals surface area contributed by atoms with Gasteiger partial charge in [0, 0.05) is 13.8 Å². The van der Waals surface area contributed by atoms with Crippen LogP contribution in [-0.2, 0) is 19.1 Å². The minimum atomic E-state index is -1.38. The molecule has 0 spiro atoms. The minimum absolute atomic E-state index is 0.0191. The van der Waals surface area contributed by atoms with Crippen LogP contribution in [0, 0.1) is 17.3 Å².